The van der Waals surface area contributed by atoms with Crippen molar-refractivity contribution in [2.24, 2.45) is 0 Å². The van der Waals surface area contributed by atoms with E-state index in [0.717, 1.165) is 0 Å². The topological polar surface area (TPSA) is 46.1 Å². The van der Waals surface area contributed by atoms with Gasteiger partial charge in [0.2, 0.25) is 0 Å². The minimum Gasteiger partial charge on any atom is -0.844 e. The summed E-state index contributed by atoms with van der Waals surface area (Å²) in [6.45, 7) is 0. The Bertz CT molecular complexity index is 9.61. The minimum atomic E-state index is -1.42. The summed E-state index contributed by atoms with van der Waals surface area (Å²) in [5, 5.41) is 0. The second-order valence-corrected chi connectivity index (χ2v) is 0.250. The first kappa shape index (κ1) is 9.30. The standard InChI is InChI=1S/CH3.Al.HO2P/c;;1-3-2/h1H3;;3H/q;+2;-2. The van der Waals surface area contributed by atoms with Gasteiger partial charge in [0.15, 0.2) is 0 Å². The number of hydrogen-bond acceptors (Lipinski definition) is 2. The van der Waals surface area contributed by atoms with Crippen LogP contribution < -0.4 is 9.79 Å². The van der Waals surface area contributed by atoms with Crippen LogP contribution in [-0.4, -0.2) is 16.3 Å². The van der Waals surface area contributed by atoms with Crippen LogP contribution in [0.15, 0.2) is 0 Å². The van der Waals surface area contributed by atoms with E-state index in [4.69, 9.17) is 9.79 Å². The fourth-order valence-electron chi connectivity index (χ4n) is 0. The molecule has 28 valence electrons. The molecule has 0 aliphatic rings. The molecule has 0 spiro atoms. The second-order valence-electron chi connectivity index (χ2n) is 0.0833. The fraction of sp³-hybridized carbons (Fsp3) is 1.00. The van der Waals surface area contributed by atoms with Gasteiger partial charge >= 0.3 is 22.1 Å². The van der Waals surface area contributed by atoms with E-state index in [1.54, 1.807) is 0 Å². The molecule has 0 aromatic rings. The van der Waals surface area contributed by atoms with Crippen LogP contribution in [0.4, 0.5) is 0 Å². The molecule has 0 unspecified atom stereocenters. The summed E-state index contributed by atoms with van der Waals surface area (Å²) < 4.78 is 0. The Kier molecular flexibility index (Phi) is 38.6. The molecule has 0 bridgehead atoms. The zero-order chi connectivity index (χ0) is 4.71. The molecule has 0 aliphatic heterocycles. The smallest absolute Gasteiger partial charge is 0.333 e. The van der Waals surface area contributed by atoms with Crippen molar-refractivity contribution in [1.82, 2.24) is 0 Å². The first-order valence-corrected chi connectivity index (χ1v) is 2.96. The van der Waals surface area contributed by atoms with E-state index in [1.165, 1.54) is 0 Å². The van der Waals surface area contributed by atoms with E-state index in [2.05, 4.69) is 16.3 Å². The third kappa shape index (κ3) is 52.1. The van der Waals surface area contributed by atoms with Crippen LogP contribution in [0.2, 0.25) is 5.79 Å². The van der Waals surface area contributed by atoms with Crippen LogP contribution in [0.25, 0.3) is 0 Å². The molecule has 0 saturated heterocycles. The molecule has 0 fully saturated rings. The van der Waals surface area contributed by atoms with Crippen molar-refractivity contribution in [3.8, 4) is 0 Å². The third-order valence-electron chi connectivity index (χ3n) is 0. The SMILES string of the molecule is [CH3][Al+2].[O-]P[O-]. The van der Waals surface area contributed by atoms with E-state index in [1.807, 2.05) is 5.79 Å². The van der Waals surface area contributed by atoms with Gasteiger partial charge in [-0.05, 0) is 0 Å². The van der Waals surface area contributed by atoms with E-state index in [9.17, 15) is 0 Å². The van der Waals surface area contributed by atoms with Crippen molar-refractivity contribution in [3.63, 3.8) is 0 Å². The molecule has 0 saturated carbocycles. The maximum absolute atomic E-state index is 8.40. The van der Waals surface area contributed by atoms with E-state index in [-0.39, 0.29) is 0 Å². The summed E-state index contributed by atoms with van der Waals surface area (Å²) in [5.41, 5.74) is 0. The molecule has 0 rings (SSSR count). The summed E-state index contributed by atoms with van der Waals surface area (Å²) in [7, 11) is -1.42. The summed E-state index contributed by atoms with van der Waals surface area (Å²) >= 11 is 2.42. The Labute approximate surface area is 41.6 Å². The predicted octanol–water partition coefficient (Wildman–Crippen LogP) is -1.58. The van der Waals surface area contributed by atoms with Gasteiger partial charge in [-0.1, -0.05) is 0 Å². The Balaban J connectivity index is 0. The van der Waals surface area contributed by atoms with Gasteiger partial charge in [0, 0.05) is 0 Å². The maximum atomic E-state index is 8.40. The van der Waals surface area contributed by atoms with Crippen LogP contribution in [0.1, 0.15) is 0 Å². The molecule has 0 aromatic carbocycles. The van der Waals surface area contributed by atoms with Gasteiger partial charge in [-0.25, -0.2) is 0 Å². The first-order chi connectivity index (χ1) is 2.41. The van der Waals surface area contributed by atoms with Crippen LogP contribution >= 0.6 is 9.03 Å². The maximum Gasteiger partial charge on any atom is -0.333 e. The van der Waals surface area contributed by atoms with Crippen molar-refractivity contribution in [1.29, 1.82) is 0 Å². The Morgan fingerprint density at radius 3 is 1.40 bits per heavy atom. The van der Waals surface area contributed by atoms with E-state index < -0.39 is 9.03 Å². The van der Waals surface area contributed by atoms with Crippen molar-refractivity contribution < 1.29 is 9.79 Å². The average Bonchev–Trinajstić information content (AvgIpc) is 1.46. The molecule has 2 nitrogen and oxygen atoms in total. The first-order valence-electron chi connectivity index (χ1n) is 0.986. The van der Waals surface area contributed by atoms with Crippen LogP contribution in [0.3, 0.4) is 0 Å². The Morgan fingerprint density at radius 2 is 1.40 bits per heavy atom. The molecule has 0 amide bonds. The van der Waals surface area contributed by atoms with Crippen LogP contribution in [0.5, 0.6) is 0 Å². The molecule has 0 atom stereocenters. The molecular formula is CH4AlO2P. The molecule has 0 N–H and O–H groups in total. The van der Waals surface area contributed by atoms with Gasteiger partial charge in [0.25, 0.3) is 0 Å². The third-order valence-corrected chi connectivity index (χ3v) is 0. The summed E-state index contributed by atoms with van der Waals surface area (Å²) in [5.74, 6) is 1.92. The summed E-state index contributed by atoms with van der Waals surface area (Å²) in [6, 6.07) is 0. The molecule has 0 radical (unpaired) electrons. The number of hydrogen-bond donors (Lipinski definition) is 0. The molecular weight excluding hydrogens is 102 g/mol. The summed E-state index contributed by atoms with van der Waals surface area (Å²) in [4.78, 5) is 16.8. The number of rotatable bonds is 0. The Morgan fingerprint density at radius 1 is 1.40 bits per heavy atom. The van der Waals surface area contributed by atoms with Gasteiger partial charge in [-0.3, -0.25) is 0 Å². The van der Waals surface area contributed by atoms with Crippen molar-refractivity contribution in [3.05, 3.63) is 0 Å². The Hall–Kier alpha value is 0.882. The largest absolute Gasteiger partial charge is 0.844 e. The van der Waals surface area contributed by atoms with E-state index >= 15 is 0 Å². The van der Waals surface area contributed by atoms with E-state index in [0.29, 0.717) is 0 Å². The van der Waals surface area contributed by atoms with Gasteiger partial charge in [-0.15, -0.1) is 0 Å². The minimum absolute atomic E-state index is 1.42. The van der Waals surface area contributed by atoms with Gasteiger partial charge in [0.05, 0.1) is 0 Å². The zero-order valence-corrected chi connectivity index (χ0v) is 5.05. The quantitative estimate of drug-likeness (QED) is 0.276. The van der Waals surface area contributed by atoms with Crippen LogP contribution in [-0.2, 0) is 0 Å². The molecule has 0 heterocycles. The molecule has 4 heteroatoms. The summed E-state index contributed by atoms with van der Waals surface area (Å²) in [6.07, 6.45) is 0. The van der Waals surface area contributed by atoms with Crippen molar-refractivity contribution in [2.45, 2.75) is 5.79 Å². The van der Waals surface area contributed by atoms with Gasteiger partial charge in [-0.2, -0.15) is 0 Å². The second kappa shape index (κ2) is 20.8. The van der Waals surface area contributed by atoms with Crippen molar-refractivity contribution in [2.75, 3.05) is 0 Å². The molecule has 0 aromatic heterocycles. The molecule has 0 aliphatic carbocycles. The monoisotopic (exact) mass is 106 g/mol. The van der Waals surface area contributed by atoms with Crippen LogP contribution in [0, 0.1) is 0 Å². The van der Waals surface area contributed by atoms with Gasteiger partial charge < -0.3 is 18.8 Å². The molecule has 5 heavy (non-hydrogen) atoms. The van der Waals surface area contributed by atoms with Crippen molar-refractivity contribution >= 4 is 25.3 Å². The zero-order valence-electron chi connectivity index (χ0n) is 2.89. The van der Waals surface area contributed by atoms with Gasteiger partial charge in [0.1, 0.15) is 0 Å². The predicted molar refractivity (Wildman–Crippen MR) is 19.9 cm³/mol. The average molecular weight is 106 g/mol. The normalized spacial score (nSPS) is 5.00. The fourth-order valence-corrected chi connectivity index (χ4v) is 0.